The normalized spacial score (nSPS) is 22.9. The maximum atomic E-state index is 12.0. The molecule has 2 amide bonds. The van der Waals surface area contributed by atoms with Crippen molar-refractivity contribution in [2.75, 3.05) is 13.2 Å². The Morgan fingerprint density at radius 1 is 1.37 bits per heavy atom. The minimum Gasteiger partial charge on any atom is -0.375 e. The number of carbonyl (C=O) groups excluding carboxylic acids is 1. The highest BCUT2D eigenvalue weighted by molar-refractivity contribution is 5.74. The highest BCUT2D eigenvalue weighted by Crippen LogP contribution is 2.31. The Labute approximate surface area is 111 Å². The Morgan fingerprint density at radius 2 is 2.00 bits per heavy atom. The second-order valence-electron chi connectivity index (χ2n) is 4.87. The van der Waals surface area contributed by atoms with Gasteiger partial charge in [-0.05, 0) is 25.7 Å². The van der Waals surface area contributed by atoms with E-state index in [4.69, 9.17) is 4.74 Å². The largest absolute Gasteiger partial charge is 0.405 e. The summed E-state index contributed by atoms with van der Waals surface area (Å²) in [5, 5.41) is 4.40. The van der Waals surface area contributed by atoms with Crippen LogP contribution >= 0.6 is 0 Å². The summed E-state index contributed by atoms with van der Waals surface area (Å²) >= 11 is 0. The summed E-state index contributed by atoms with van der Waals surface area (Å²) in [5.74, 6) is 0. The molecule has 0 bridgehead atoms. The zero-order valence-electron chi connectivity index (χ0n) is 11.3. The molecule has 19 heavy (non-hydrogen) atoms. The number of alkyl halides is 3. The van der Waals surface area contributed by atoms with Crippen LogP contribution in [0.15, 0.2) is 0 Å². The Morgan fingerprint density at radius 3 is 2.53 bits per heavy atom. The van der Waals surface area contributed by atoms with Gasteiger partial charge in [-0.1, -0.05) is 13.8 Å². The monoisotopic (exact) mass is 282 g/mol. The predicted molar refractivity (Wildman–Crippen MR) is 64.9 cm³/mol. The molecule has 0 aromatic rings. The van der Waals surface area contributed by atoms with Crippen LogP contribution in [0.2, 0.25) is 0 Å². The van der Waals surface area contributed by atoms with Crippen molar-refractivity contribution in [3.63, 3.8) is 0 Å². The van der Waals surface area contributed by atoms with Crippen LogP contribution in [0.25, 0.3) is 0 Å². The molecule has 1 fully saturated rings. The van der Waals surface area contributed by atoms with Gasteiger partial charge >= 0.3 is 12.2 Å². The van der Waals surface area contributed by atoms with E-state index in [1.165, 1.54) is 0 Å². The maximum absolute atomic E-state index is 12.0. The molecular formula is C12H21F3N2O2. The van der Waals surface area contributed by atoms with Crippen LogP contribution in [0.4, 0.5) is 18.0 Å². The molecule has 0 aliphatic carbocycles. The van der Waals surface area contributed by atoms with E-state index in [1.807, 2.05) is 19.2 Å². The van der Waals surface area contributed by atoms with Gasteiger partial charge in [0.2, 0.25) is 0 Å². The molecule has 1 saturated heterocycles. The lowest BCUT2D eigenvalue weighted by Gasteiger charge is -2.40. The van der Waals surface area contributed by atoms with Crippen molar-refractivity contribution in [2.24, 2.45) is 0 Å². The molecule has 112 valence electrons. The van der Waals surface area contributed by atoms with Crippen molar-refractivity contribution in [2.45, 2.75) is 57.3 Å². The number of ether oxygens (including phenoxy) is 1. The Balaban J connectivity index is 2.42. The first kappa shape index (κ1) is 16.1. The number of carbonyl (C=O) groups is 1. The number of halogens is 3. The second kappa shape index (κ2) is 6.45. The summed E-state index contributed by atoms with van der Waals surface area (Å²) in [6.45, 7) is 3.23. The summed E-state index contributed by atoms with van der Waals surface area (Å²) in [4.78, 5) is 11.4. The average molecular weight is 282 g/mol. The number of rotatable bonds is 4. The first-order chi connectivity index (χ1) is 8.80. The van der Waals surface area contributed by atoms with Crippen molar-refractivity contribution in [3.8, 4) is 0 Å². The van der Waals surface area contributed by atoms with E-state index in [1.54, 1.807) is 0 Å². The first-order valence-electron chi connectivity index (χ1n) is 6.55. The van der Waals surface area contributed by atoms with E-state index in [2.05, 4.69) is 5.32 Å². The number of nitrogens with one attached hydrogen (secondary N) is 2. The third kappa shape index (κ3) is 5.26. The summed E-state index contributed by atoms with van der Waals surface area (Å²) < 4.78 is 41.6. The van der Waals surface area contributed by atoms with Gasteiger partial charge in [0.25, 0.3) is 0 Å². The number of urea groups is 1. The molecule has 0 radical (unpaired) electrons. The van der Waals surface area contributed by atoms with Crippen molar-refractivity contribution in [1.82, 2.24) is 10.6 Å². The van der Waals surface area contributed by atoms with Crippen molar-refractivity contribution in [1.29, 1.82) is 0 Å². The fourth-order valence-electron chi connectivity index (χ4n) is 2.31. The lowest BCUT2D eigenvalue weighted by Crippen LogP contribution is -2.51. The quantitative estimate of drug-likeness (QED) is 0.832. The molecule has 0 spiro atoms. The summed E-state index contributed by atoms with van der Waals surface area (Å²) in [6, 6.07) is -0.910. The van der Waals surface area contributed by atoms with E-state index >= 15 is 0 Å². The van der Waals surface area contributed by atoms with Gasteiger partial charge in [-0.25, -0.2) is 4.79 Å². The summed E-state index contributed by atoms with van der Waals surface area (Å²) in [6.07, 6.45) is -1.47. The fourth-order valence-corrected chi connectivity index (χ4v) is 2.31. The van der Waals surface area contributed by atoms with Crippen LogP contribution < -0.4 is 10.6 Å². The third-order valence-electron chi connectivity index (χ3n) is 3.57. The fraction of sp³-hybridized carbons (Fsp3) is 0.917. The molecule has 1 aliphatic rings. The van der Waals surface area contributed by atoms with Gasteiger partial charge in [0, 0.05) is 12.6 Å². The van der Waals surface area contributed by atoms with Gasteiger partial charge < -0.3 is 15.4 Å². The van der Waals surface area contributed by atoms with Crippen molar-refractivity contribution < 1.29 is 22.7 Å². The Hall–Kier alpha value is -0.980. The maximum Gasteiger partial charge on any atom is 0.405 e. The topological polar surface area (TPSA) is 50.4 Å². The number of hydrogen-bond acceptors (Lipinski definition) is 2. The molecule has 0 aromatic carbocycles. The molecule has 0 saturated carbocycles. The lowest BCUT2D eigenvalue weighted by molar-refractivity contribution is -0.123. The van der Waals surface area contributed by atoms with Gasteiger partial charge in [-0.2, -0.15) is 13.2 Å². The lowest BCUT2D eigenvalue weighted by atomic mass is 9.86. The van der Waals surface area contributed by atoms with Gasteiger partial charge in [0.1, 0.15) is 6.54 Å². The van der Waals surface area contributed by atoms with E-state index in [9.17, 15) is 18.0 Å². The highest BCUT2D eigenvalue weighted by atomic mass is 19.4. The molecule has 4 nitrogen and oxygen atoms in total. The van der Waals surface area contributed by atoms with Crippen LogP contribution in [0.5, 0.6) is 0 Å². The molecule has 1 heterocycles. The Kier molecular flexibility index (Phi) is 5.46. The van der Waals surface area contributed by atoms with Gasteiger partial charge in [-0.15, -0.1) is 0 Å². The van der Waals surface area contributed by atoms with E-state index in [-0.39, 0.29) is 11.6 Å². The van der Waals surface area contributed by atoms with E-state index in [0.29, 0.717) is 19.4 Å². The van der Waals surface area contributed by atoms with E-state index in [0.717, 1.165) is 12.8 Å². The molecule has 0 aromatic heterocycles. The first-order valence-corrected chi connectivity index (χ1v) is 6.55. The molecule has 1 rings (SSSR count). The molecular weight excluding hydrogens is 261 g/mol. The zero-order chi connectivity index (χ0) is 14.5. The number of amides is 2. The molecule has 7 heteroatoms. The SMILES string of the molecule is CCC1(CC)CC(NC(=O)NCC(F)(F)F)CCO1. The molecule has 2 N–H and O–H groups in total. The number of hydrogen-bond donors (Lipinski definition) is 2. The molecule has 1 unspecified atom stereocenters. The average Bonchev–Trinajstić information content (AvgIpc) is 2.36. The van der Waals surface area contributed by atoms with Crippen molar-refractivity contribution in [3.05, 3.63) is 0 Å². The third-order valence-corrected chi connectivity index (χ3v) is 3.57. The van der Waals surface area contributed by atoms with Gasteiger partial charge in [0.15, 0.2) is 0 Å². The standard InChI is InChI=1S/C12H21F3N2O2/c1-3-11(4-2)7-9(5-6-19-11)17-10(18)16-8-12(13,14)15/h9H,3-8H2,1-2H3,(H2,16,17,18). The van der Waals surface area contributed by atoms with Crippen LogP contribution in [-0.2, 0) is 4.74 Å². The summed E-state index contributed by atoms with van der Waals surface area (Å²) in [7, 11) is 0. The van der Waals surface area contributed by atoms with Gasteiger partial charge in [0.05, 0.1) is 5.60 Å². The predicted octanol–water partition coefficient (Wildman–Crippen LogP) is 2.59. The minimum absolute atomic E-state index is 0.137. The minimum atomic E-state index is -4.39. The second-order valence-corrected chi connectivity index (χ2v) is 4.87. The highest BCUT2D eigenvalue weighted by Gasteiger charge is 2.35. The van der Waals surface area contributed by atoms with Crippen LogP contribution in [0.3, 0.4) is 0 Å². The van der Waals surface area contributed by atoms with Crippen LogP contribution in [0.1, 0.15) is 39.5 Å². The van der Waals surface area contributed by atoms with Crippen molar-refractivity contribution >= 4 is 6.03 Å². The summed E-state index contributed by atoms with van der Waals surface area (Å²) in [5.41, 5.74) is -0.264. The van der Waals surface area contributed by atoms with Crippen LogP contribution in [-0.4, -0.2) is 37.0 Å². The van der Waals surface area contributed by atoms with E-state index < -0.39 is 18.8 Å². The Bertz CT molecular complexity index is 304. The van der Waals surface area contributed by atoms with Crippen LogP contribution in [0, 0.1) is 0 Å². The molecule has 1 atom stereocenters. The zero-order valence-corrected chi connectivity index (χ0v) is 11.3. The smallest absolute Gasteiger partial charge is 0.375 e. The van der Waals surface area contributed by atoms with Gasteiger partial charge in [-0.3, -0.25) is 0 Å². The molecule has 1 aliphatic heterocycles.